The number of amides is 5. The molecule has 50 heavy (non-hydrogen) atoms. The zero-order valence-electron chi connectivity index (χ0n) is 31.4. The molecule has 0 radical (unpaired) electrons. The number of carbonyl (C=O) groups is 5. The van der Waals surface area contributed by atoms with Crippen molar-refractivity contribution < 1.29 is 24.0 Å². The summed E-state index contributed by atoms with van der Waals surface area (Å²) in [5.74, 6) is -1.91. The van der Waals surface area contributed by atoms with Crippen LogP contribution in [0.4, 0.5) is 4.79 Å². The summed E-state index contributed by atoms with van der Waals surface area (Å²) in [6.07, 6.45) is 12.9. The molecule has 6 N–H and O–H groups in total. The first-order valence-corrected chi connectivity index (χ1v) is 19.6. The summed E-state index contributed by atoms with van der Waals surface area (Å²) in [6, 6.07) is -1.43. The van der Waals surface area contributed by atoms with Crippen LogP contribution in [0.15, 0.2) is 0 Å². The third-order valence-electron chi connectivity index (χ3n) is 13.7. The van der Waals surface area contributed by atoms with E-state index in [1.807, 2.05) is 0 Å². The zero-order valence-corrected chi connectivity index (χ0v) is 31.4. The van der Waals surface area contributed by atoms with Crippen LogP contribution in [0.3, 0.4) is 0 Å². The molecular formula is C38H65N7O5. The Morgan fingerprint density at radius 2 is 1.56 bits per heavy atom. The van der Waals surface area contributed by atoms with Crippen LogP contribution in [0.5, 0.6) is 0 Å². The Morgan fingerprint density at radius 1 is 0.900 bits per heavy atom. The Labute approximate surface area is 299 Å². The molecule has 0 aromatic heterocycles. The van der Waals surface area contributed by atoms with Gasteiger partial charge in [0, 0.05) is 44.3 Å². The number of carbonyl (C=O) groups excluding carboxylic acids is 5. The predicted molar refractivity (Wildman–Crippen MR) is 193 cm³/mol. The maximum absolute atomic E-state index is 14.0. The Hall–Kier alpha value is -2.73. The number of Topliss-reactive ketones (excluding diaryl/α,β-unsaturated/α-hetero) is 1. The fourth-order valence-electron chi connectivity index (χ4n) is 9.65. The minimum Gasteiger partial charge on any atom is -0.363 e. The first kappa shape index (κ1) is 38.5. The SMILES string of the molecule is C[C@@H]1CN(C[C@@H](NC(=O)NCC(=O)N2CC(C(C)(C)C3(C)CCC3)C[C@H]2C(=O)NC(CC2CCC2)C(=O)C(N)=O)C2CCCCC2)C[C@H](C)N1. The lowest BCUT2D eigenvalue weighted by Crippen LogP contribution is -2.59. The highest BCUT2D eigenvalue weighted by molar-refractivity contribution is 6.37. The van der Waals surface area contributed by atoms with Crippen molar-refractivity contribution in [2.24, 2.45) is 34.3 Å². The van der Waals surface area contributed by atoms with Crippen molar-refractivity contribution in [1.29, 1.82) is 0 Å². The van der Waals surface area contributed by atoms with Crippen molar-refractivity contribution in [2.45, 2.75) is 148 Å². The third kappa shape index (κ3) is 9.00. The van der Waals surface area contributed by atoms with Crippen molar-refractivity contribution in [3.63, 3.8) is 0 Å². The second kappa shape index (κ2) is 16.3. The van der Waals surface area contributed by atoms with Gasteiger partial charge in [-0.2, -0.15) is 0 Å². The van der Waals surface area contributed by atoms with Crippen LogP contribution in [-0.4, -0.2) is 102 Å². The minimum atomic E-state index is -1.06. The highest BCUT2D eigenvalue weighted by Gasteiger charge is 2.54. The van der Waals surface area contributed by atoms with Crippen molar-refractivity contribution in [1.82, 2.24) is 31.1 Å². The number of nitrogens with zero attached hydrogens (tertiary/aromatic N) is 2. The molecule has 5 fully saturated rings. The molecular weight excluding hydrogens is 634 g/mol. The van der Waals surface area contributed by atoms with E-state index in [1.54, 1.807) is 4.90 Å². The van der Waals surface area contributed by atoms with E-state index in [0.29, 0.717) is 37.4 Å². The molecule has 2 aliphatic heterocycles. The van der Waals surface area contributed by atoms with Crippen LogP contribution in [-0.2, 0) is 19.2 Å². The summed E-state index contributed by atoms with van der Waals surface area (Å²) in [7, 11) is 0. The fraction of sp³-hybridized carbons (Fsp3) is 0.868. The van der Waals surface area contributed by atoms with E-state index >= 15 is 0 Å². The van der Waals surface area contributed by atoms with Gasteiger partial charge >= 0.3 is 6.03 Å². The summed E-state index contributed by atoms with van der Waals surface area (Å²) in [5, 5.41) is 12.5. The summed E-state index contributed by atoms with van der Waals surface area (Å²) in [5.41, 5.74) is 5.36. The van der Waals surface area contributed by atoms with Gasteiger partial charge in [-0.3, -0.25) is 24.1 Å². The molecule has 2 unspecified atom stereocenters. The Kier molecular flexibility index (Phi) is 12.6. The van der Waals surface area contributed by atoms with E-state index in [0.717, 1.165) is 64.6 Å². The third-order valence-corrected chi connectivity index (χ3v) is 13.7. The van der Waals surface area contributed by atoms with Crippen molar-refractivity contribution in [2.75, 3.05) is 32.7 Å². The molecule has 5 amide bonds. The van der Waals surface area contributed by atoms with Crippen LogP contribution in [0.2, 0.25) is 0 Å². The smallest absolute Gasteiger partial charge is 0.315 e. The monoisotopic (exact) mass is 700 g/mol. The molecule has 12 heteroatoms. The van der Waals surface area contributed by atoms with Gasteiger partial charge in [-0.1, -0.05) is 65.7 Å². The lowest BCUT2D eigenvalue weighted by Gasteiger charge is -2.54. The number of hydrogen-bond acceptors (Lipinski definition) is 7. The topological polar surface area (TPSA) is 166 Å². The first-order valence-electron chi connectivity index (χ1n) is 19.6. The maximum atomic E-state index is 14.0. The van der Waals surface area contributed by atoms with E-state index in [1.165, 1.54) is 25.7 Å². The number of nitrogens with one attached hydrogen (secondary N) is 4. The van der Waals surface area contributed by atoms with E-state index in [4.69, 9.17) is 5.73 Å². The number of hydrogen-bond donors (Lipinski definition) is 5. The van der Waals surface area contributed by atoms with Gasteiger partial charge in [0.1, 0.15) is 6.04 Å². The van der Waals surface area contributed by atoms with Crippen molar-refractivity contribution in [3.05, 3.63) is 0 Å². The molecule has 5 aliphatic rings. The second-order valence-corrected chi connectivity index (χ2v) is 17.5. The Bertz CT molecular complexity index is 1230. The van der Waals surface area contributed by atoms with Gasteiger partial charge in [0.25, 0.3) is 5.91 Å². The minimum absolute atomic E-state index is 0.0167. The van der Waals surface area contributed by atoms with Gasteiger partial charge < -0.3 is 31.9 Å². The highest BCUT2D eigenvalue weighted by Crippen LogP contribution is 2.58. The number of likely N-dealkylation sites (tertiary alicyclic amines) is 1. The summed E-state index contributed by atoms with van der Waals surface area (Å²) >= 11 is 0. The van der Waals surface area contributed by atoms with E-state index in [-0.39, 0.29) is 47.2 Å². The number of primary amides is 1. The second-order valence-electron chi connectivity index (χ2n) is 17.5. The molecule has 3 aliphatic carbocycles. The predicted octanol–water partition coefficient (Wildman–Crippen LogP) is 3.08. The highest BCUT2D eigenvalue weighted by atomic mass is 16.2. The Morgan fingerprint density at radius 3 is 2.12 bits per heavy atom. The van der Waals surface area contributed by atoms with Gasteiger partial charge in [0.15, 0.2) is 0 Å². The van der Waals surface area contributed by atoms with Crippen LogP contribution in [0.25, 0.3) is 0 Å². The van der Waals surface area contributed by atoms with Gasteiger partial charge in [-0.25, -0.2) is 4.79 Å². The molecule has 12 nitrogen and oxygen atoms in total. The number of urea groups is 1. The fourth-order valence-corrected chi connectivity index (χ4v) is 9.65. The normalized spacial score (nSPS) is 28.9. The van der Waals surface area contributed by atoms with Crippen LogP contribution < -0.4 is 27.0 Å². The van der Waals surface area contributed by atoms with E-state index in [2.05, 4.69) is 60.8 Å². The quantitative estimate of drug-likeness (QED) is 0.174. The van der Waals surface area contributed by atoms with Gasteiger partial charge in [0.2, 0.25) is 17.6 Å². The summed E-state index contributed by atoms with van der Waals surface area (Å²) in [6.45, 7) is 14.0. The van der Waals surface area contributed by atoms with Crippen LogP contribution in [0.1, 0.15) is 118 Å². The molecule has 2 heterocycles. The largest absolute Gasteiger partial charge is 0.363 e. The molecule has 2 saturated heterocycles. The average molecular weight is 700 g/mol. The maximum Gasteiger partial charge on any atom is 0.315 e. The Balaban J connectivity index is 1.26. The van der Waals surface area contributed by atoms with Crippen LogP contribution >= 0.6 is 0 Å². The standard InChI is InChI=1S/C38H65N7O5/c1-24-20-44(21-25(2)41-24)23-30(27-13-7-6-8-14-27)43-36(50)40-19-32(46)45-22-28(37(3,4)38(5)15-10-16-38)18-31(45)35(49)42-29(33(47)34(39)48)17-26-11-9-12-26/h24-31,41H,6-23H2,1-5H3,(H2,39,48)(H,42,49)(H2,40,43,50)/t24-,25+,28?,29?,30-,31+/m1/s1. The molecule has 0 spiro atoms. The average Bonchev–Trinajstić information content (AvgIpc) is 3.49. The molecule has 0 bridgehead atoms. The van der Waals surface area contributed by atoms with Crippen molar-refractivity contribution >= 4 is 29.5 Å². The van der Waals surface area contributed by atoms with Gasteiger partial charge in [-0.15, -0.1) is 0 Å². The zero-order chi connectivity index (χ0) is 36.2. The molecule has 282 valence electrons. The first-order chi connectivity index (χ1) is 23.7. The molecule has 5 rings (SSSR count). The lowest BCUT2D eigenvalue weighted by atomic mass is 9.51. The molecule has 0 aromatic rings. The van der Waals surface area contributed by atoms with E-state index < -0.39 is 29.7 Å². The number of piperazine rings is 1. The van der Waals surface area contributed by atoms with Gasteiger partial charge in [0.05, 0.1) is 12.6 Å². The van der Waals surface area contributed by atoms with Crippen molar-refractivity contribution in [3.8, 4) is 0 Å². The lowest BCUT2D eigenvalue weighted by molar-refractivity contribution is -0.141. The summed E-state index contributed by atoms with van der Waals surface area (Å²) in [4.78, 5) is 70.1. The van der Waals surface area contributed by atoms with E-state index in [9.17, 15) is 24.0 Å². The molecule has 6 atom stereocenters. The molecule has 0 aromatic carbocycles. The number of nitrogens with two attached hydrogens (primary N) is 1. The van der Waals surface area contributed by atoms with Gasteiger partial charge in [-0.05, 0) is 81.0 Å². The van der Waals surface area contributed by atoms with Crippen LogP contribution in [0, 0.1) is 28.6 Å². The number of rotatable bonds is 14. The summed E-state index contributed by atoms with van der Waals surface area (Å²) < 4.78 is 0. The molecule has 3 saturated carbocycles. The number of ketones is 1.